The van der Waals surface area contributed by atoms with Crippen LogP contribution >= 0.6 is 0 Å². The van der Waals surface area contributed by atoms with Gasteiger partial charge >= 0.3 is 0 Å². The van der Waals surface area contributed by atoms with Crippen molar-refractivity contribution in [3.8, 4) is 0 Å². The van der Waals surface area contributed by atoms with Crippen LogP contribution in [-0.4, -0.2) is 6.71 Å². The number of para-hydroxylation sites is 2. The quantitative estimate of drug-likeness (QED) is 0.165. The van der Waals surface area contributed by atoms with Gasteiger partial charge in [0.15, 0.2) is 0 Å². The van der Waals surface area contributed by atoms with Crippen LogP contribution in [0.1, 0.15) is 104 Å². The molecule has 10 rings (SSSR count). The van der Waals surface area contributed by atoms with E-state index in [1.165, 1.54) is 72.0 Å². The van der Waals surface area contributed by atoms with Crippen molar-refractivity contribution in [3.63, 3.8) is 0 Å². The predicted octanol–water partition coefficient (Wildman–Crippen LogP) is 13.9. The molecule has 0 bridgehead atoms. The number of fused-ring (bicyclic) bond motifs is 7. The minimum atomic E-state index is -0.294. The molecule has 7 aromatic carbocycles. The molecule has 0 fully saturated rings. The normalized spacial score (nSPS) is 14.5. The van der Waals surface area contributed by atoms with E-state index in [2.05, 4.69) is 232 Å². The summed E-state index contributed by atoms with van der Waals surface area (Å²) in [6.07, 6.45) is 0. The molecule has 8 aromatic rings. The van der Waals surface area contributed by atoms with E-state index in [1.807, 2.05) is 0 Å². The van der Waals surface area contributed by atoms with Gasteiger partial charge in [-0.2, -0.15) is 0 Å². The molecule has 0 saturated heterocycles. The van der Waals surface area contributed by atoms with Gasteiger partial charge in [-0.1, -0.05) is 154 Å². The SMILES string of the molecule is CC(C)(C)c1ccc(N2c3cc(N(c4ccccc4)c4ccccc4)ccc3B3c4cc5c(cc4C(C)(C)c4cc(C(C)(C)C)cc2c43)oc2ccc(C(C)(C)C)cc25)cc1. The Kier molecular flexibility index (Phi) is 8.67. The number of rotatable bonds is 4. The average Bonchev–Trinajstić information content (AvgIpc) is 3.58. The smallest absolute Gasteiger partial charge is 0.247 e. The van der Waals surface area contributed by atoms with Crippen molar-refractivity contribution in [2.75, 3.05) is 9.80 Å². The summed E-state index contributed by atoms with van der Waals surface area (Å²) in [6, 6.07) is 54.8. The van der Waals surface area contributed by atoms with Crippen LogP contribution in [0.15, 0.2) is 150 Å². The summed E-state index contributed by atoms with van der Waals surface area (Å²) in [5, 5.41) is 2.37. The molecule has 0 unspecified atom stereocenters. The maximum Gasteiger partial charge on any atom is 0.247 e. The molecule has 0 amide bonds. The predicted molar refractivity (Wildman–Crippen MR) is 262 cm³/mol. The van der Waals surface area contributed by atoms with Crippen molar-refractivity contribution in [3.05, 3.63) is 173 Å². The van der Waals surface area contributed by atoms with E-state index in [9.17, 15) is 0 Å². The Bertz CT molecular complexity index is 2950. The highest BCUT2D eigenvalue weighted by Gasteiger charge is 2.47. The third kappa shape index (κ3) is 6.32. The lowest BCUT2D eigenvalue weighted by Crippen LogP contribution is -2.64. The second-order valence-corrected chi connectivity index (χ2v) is 21.1. The van der Waals surface area contributed by atoms with Gasteiger partial charge in [0.1, 0.15) is 11.2 Å². The molecule has 304 valence electrons. The average molecular weight is 797 g/mol. The Morgan fingerprint density at radius 2 is 1.07 bits per heavy atom. The van der Waals surface area contributed by atoms with Crippen molar-refractivity contribution in [1.29, 1.82) is 0 Å². The highest BCUT2D eigenvalue weighted by atomic mass is 16.3. The molecule has 0 radical (unpaired) electrons. The van der Waals surface area contributed by atoms with Crippen molar-refractivity contribution >= 4 is 79.2 Å². The maximum atomic E-state index is 6.74. The fraction of sp³-hybridized carbons (Fsp3) is 0.263. The molecule has 0 aliphatic carbocycles. The van der Waals surface area contributed by atoms with Gasteiger partial charge in [0, 0.05) is 50.3 Å². The Balaban J connectivity index is 1.30. The summed E-state index contributed by atoms with van der Waals surface area (Å²) < 4.78 is 6.74. The number of benzene rings is 7. The van der Waals surface area contributed by atoms with E-state index in [0.29, 0.717) is 0 Å². The van der Waals surface area contributed by atoms with E-state index in [-0.39, 0.29) is 28.4 Å². The van der Waals surface area contributed by atoms with Crippen LogP contribution in [0.3, 0.4) is 0 Å². The summed E-state index contributed by atoms with van der Waals surface area (Å²) >= 11 is 0. The Hall–Kier alpha value is -6.00. The molecule has 3 heterocycles. The van der Waals surface area contributed by atoms with Crippen molar-refractivity contribution in [2.24, 2.45) is 0 Å². The highest BCUT2D eigenvalue weighted by molar-refractivity contribution is 6.99. The van der Waals surface area contributed by atoms with Crippen LogP contribution < -0.4 is 26.2 Å². The van der Waals surface area contributed by atoms with Crippen molar-refractivity contribution < 1.29 is 4.42 Å². The van der Waals surface area contributed by atoms with Crippen molar-refractivity contribution in [2.45, 2.75) is 97.8 Å². The maximum absolute atomic E-state index is 6.74. The van der Waals surface area contributed by atoms with Crippen LogP contribution in [0.5, 0.6) is 0 Å². The second-order valence-electron chi connectivity index (χ2n) is 21.1. The highest BCUT2D eigenvalue weighted by Crippen LogP contribution is 2.47. The molecule has 0 atom stereocenters. The van der Waals surface area contributed by atoms with Gasteiger partial charge in [0.25, 0.3) is 0 Å². The number of hydrogen-bond donors (Lipinski definition) is 0. The summed E-state index contributed by atoms with van der Waals surface area (Å²) in [6.45, 7) is 25.7. The molecule has 4 heteroatoms. The fourth-order valence-corrected chi connectivity index (χ4v) is 10.0. The zero-order valence-electron chi connectivity index (χ0n) is 37.7. The molecule has 0 spiro atoms. The summed E-state index contributed by atoms with van der Waals surface area (Å²) in [5.74, 6) is 0. The fourth-order valence-electron chi connectivity index (χ4n) is 10.0. The van der Waals surface area contributed by atoms with Gasteiger partial charge in [-0.25, -0.2) is 0 Å². The molecular formula is C57H57BN2O. The van der Waals surface area contributed by atoms with Gasteiger partial charge in [-0.15, -0.1) is 0 Å². The minimum absolute atomic E-state index is 0.0123. The van der Waals surface area contributed by atoms with E-state index in [0.717, 1.165) is 28.2 Å². The molecule has 3 nitrogen and oxygen atoms in total. The molecule has 0 N–H and O–H groups in total. The third-order valence-corrected chi connectivity index (χ3v) is 13.6. The molecule has 2 aliphatic rings. The van der Waals surface area contributed by atoms with Crippen LogP contribution in [0.2, 0.25) is 0 Å². The number of furan rings is 1. The van der Waals surface area contributed by atoms with E-state index in [1.54, 1.807) is 0 Å². The Labute approximate surface area is 363 Å². The van der Waals surface area contributed by atoms with E-state index < -0.39 is 0 Å². The third-order valence-electron chi connectivity index (χ3n) is 13.6. The molecule has 0 saturated carbocycles. The first kappa shape index (κ1) is 39.2. The Morgan fingerprint density at radius 3 is 1.67 bits per heavy atom. The van der Waals surface area contributed by atoms with Crippen LogP contribution in [-0.2, 0) is 21.7 Å². The largest absolute Gasteiger partial charge is 0.456 e. The van der Waals surface area contributed by atoms with Gasteiger partial charge in [0.2, 0.25) is 6.71 Å². The van der Waals surface area contributed by atoms with E-state index in [4.69, 9.17) is 4.42 Å². The van der Waals surface area contributed by atoms with Gasteiger partial charge < -0.3 is 14.2 Å². The molecule has 2 aliphatic heterocycles. The van der Waals surface area contributed by atoms with Crippen molar-refractivity contribution in [1.82, 2.24) is 0 Å². The molecular weight excluding hydrogens is 739 g/mol. The number of hydrogen-bond acceptors (Lipinski definition) is 3. The first-order valence-electron chi connectivity index (χ1n) is 22.0. The molecule has 1 aromatic heterocycles. The molecule has 61 heavy (non-hydrogen) atoms. The lowest BCUT2D eigenvalue weighted by atomic mass is 9.30. The van der Waals surface area contributed by atoms with Gasteiger partial charge in [-0.3, -0.25) is 0 Å². The lowest BCUT2D eigenvalue weighted by molar-refractivity contribution is 0.582. The monoisotopic (exact) mass is 796 g/mol. The van der Waals surface area contributed by atoms with Crippen LogP contribution in [0.4, 0.5) is 34.1 Å². The lowest BCUT2D eigenvalue weighted by Gasteiger charge is -2.46. The number of anilines is 6. The topological polar surface area (TPSA) is 19.6 Å². The number of nitrogens with zero attached hydrogens (tertiary/aromatic N) is 2. The first-order chi connectivity index (χ1) is 28.9. The zero-order valence-corrected chi connectivity index (χ0v) is 37.7. The first-order valence-corrected chi connectivity index (χ1v) is 22.0. The van der Waals surface area contributed by atoms with Crippen LogP contribution in [0.25, 0.3) is 21.9 Å². The van der Waals surface area contributed by atoms with Gasteiger partial charge in [-0.05, 0) is 128 Å². The summed E-state index contributed by atoms with van der Waals surface area (Å²) in [7, 11) is 0. The minimum Gasteiger partial charge on any atom is -0.456 e. The van der Waals surface area contributed by atoms with E-state index >= 15 is 0 Å². The Morgan fingerprint density at radius 1 is 0.475 bits per heavy atom. The second kappa shape index (κ2) is 13.5. The summed E-state index contributed by atoms with van der Waals surface area (Å²) in [4.78, 5) is 4.96. The summed E-state index contributed by atoms with van der Waals surface area (Å²) in [5.41, 5.74) is 19.3. The standard InChI is InChI=1S/C57H57BN2O/c1-54(2,3)36-22-25-41(26-23-36)60-49-33-42(59(39-18-14-12-15-19-39)40-20-16-13-17-21-40)27-28-47(49)58-48-34-44-43-30-37(55(4,5)6)24-29-51(43)61-52(44)35-45(48)57(10,11)46-31-38(56(7,8)9)32-50(60)53(46)58/h12-35H,1-11H3. The van der Waals surface area contributed by atoms with Gasteiger partial charge in [0.05, 0.1) is 0 Å². The van der Waals surface area contributed by atoms with Crippen LogP contribution in [0, 0.1) is 0 Å². The zero-order chi connectivity index (χ0) is 42.8.